The average molecular weight is 663 g/mol. The van der Waals surface area contributed by atoms with Crippen LogP contribution in [0.3, 0.4) is 0 Å². The van der Waals surface area contributed by atoms with Crippen LogP contribution in [0.1, 0.15) is 28.7 Å². The van der Waals surface area contributed by atoms with Crippen LogP contribution in [0.2, 0.25) is 0 Å². The van der Waals surface area contributed by atoms with Gasteiger partial charge in [0.15, 0.2) is 11.4 Å². The standard InChI is InChI=1S/C31H34F2N4O7.B.K/c1-36(2)20-10-14(11-35-12-16-18(32)6-5-7-19(16)33)25(38)22-15(20)8-13-9-17-24(37(3)4)27(40)23(30(34)43)29(42)31(17,44)28(41)21(13)26(22)39;;/h5-7,10,13,17,24,35,38-39,42,44H,8-9,11-12H2,1-4H3,(H2,34,43);;/q;-1;+1/t13-,17-,24-,31-;;/m0../s1. The van der Waals surface area contributed by atoms with E-state index < -0.39 is 69.7 Å². The van der Waals surface area contributed by atoms with E-state index in [2.05, 4.69) is 5.32 Å². The van der Waals surface area contributed by atoms with Crippen molar-refractivity contribution in [2.24, 2.45) is 17.6 Å². The van der Waals surface area contributed by atoms with E-state index in [0.29, 0.717) is 11.3 Å². The minimum absolute atomic E-state index is 0. The van der Waals surface area contributed by atoms with Gasteiger partial charge in [-0.2, -0.15) is 0 Å². The van der Waals surface area contributed by atoms with Crippen LogP contribution in [0.25, 0.3) is 5.76 Å². The number of halogens is 2. The first-order chi connectivity index (χ1) is 20.6. The van der Waals surface area contributed by atoms with E-state index in [1.54, 1.807) is 25.1 Å². The molecule has 5 rings (SSSR count). The molecule has 0 aromatic heterocycles. The average Bonchev–Trinajstić information content (AvgIpc) is 2.92. The Morgan fingerprint density at radius 3 is 2.24 bits per heavy atom. The van der Waals surface area contributed by atoms with Crippen LogP contribution < -0.4 is 67.3 Å². The molecule has 1 fully saturated rings. The summed E-state index contributed by atoms with van der Waals surface area (Å²) in [4.78, 5) is 42.7. The van der Waals surface area contributed by atoms with Crippen molar-refractivity contribution < 1.29 is 95.0 Å². The van der Waals surface area contributed by atoms with E-state index in [0.717, 1.165) is 12.1 Å². The summed E-state index contributed by atoms with van der Waals surface area (Å²) in [6.45, 7) is -0.272. The third-order valence-corrected chi connectivity index (χ3v) is 8.94. The fraction of sp³-hybridized carbons (Fsp3) is 0.387. The van der Waals surface area contributed by atoms with Gasteiger partial charge < -0.3 is 44.8 Å². The summed E-state index contributed by atoms with van der Waals surface area (Å²) < 4.78 is 28.3. The monoisotopic (exact) mass is 662 g/mol. The normalized spacial score (nSPS) is 23.7. The van der Waals surface area contributed by atoms with Crippen molar-refractivity contribution in [3.63, 3.8) is 0 Å². The number of hydrogen-bond acceptors (Lipinski definition) is 10. The van der Waals surface area contributed by atoms with Crippen LogP contribution in [0.5, 0.6) is 5.75 Å². The number of nitrogens with two attached hydrogens (primary N) is 1. The van der Waals surface area contributed by atoms with Gasteiger partial charge in [-0.1, -0.05) is 6.07 Å². The molecule has 0 saturated heterocycles. The quantitative estimate of drug-likeness (QED) is 0.147. The first-order valence-electron chi connectivity index (χ1n) is 14.0. The fourth-order valence-corrected chi connectivity index (χ4v) is 6.90. The Morgan fingerprint density at radius 2 is 1.70 bits per heavy atom. The van der Waals surface area contributed by atoms with E-state index in [9.17, 15) is 43.6 Å². The van der Waals surface area contributed by atoms with Gasteiger partial charge >= 0.3 is 51.4 Å². The number of aliphatic hydroxyl groups excluding tert-OH is 2. The van der Waals surface area contributed by atoms with E-state index in [-0.39, 0.29) is 114 Å². The molecule has 238 valence electrons. The van der Waals surface area contributed by atoms with E-state index in [4.69, 9.17) is 5.73 Å². The number of fused-ring (bicyclic) bond motifs is 3. The van der Waals surface area contributed by atoms with Crippen molar-refractivity contribution >= 4 is 37.3 Å². The van der Waals surface area contributed by atoms with Gasteiger partial charge in [0.05, 0.1) is 11.6 Å². The number of hydrogen-bond donors (Lipinski definition) is 6. The van der Waals surface area contributed by atoms with Crippen molar-refractivity contribution in [3.05, 3.63) is 75.1 Å². The number of carbonyl (C=O) groups is 3. The van der Waals surface area contributed by atoms with Crippen LogP contribution in [0.15, 0.2) is 41.2 Å². The van der Waals surface area contributed by atoms with Crippen LogP contribution >= 0.6 is 0 Å². The first-order valence-corrected chi connectivity index (χ1v) is 14.0. The zero-order chi connectivity index (χ0) is 32.4. The second-order valence-electron chi connectivity index (χ2n) is 11.9. The summed E-state index contributed by atoms with van der Waals surface area (Å²) in [7, 11) is 6.56. The number of rotatable bonds is 7. The number of aliphatic hydroxyl groups is 3. The van der Waals surface area contributed by atoms with Crippen LogP contribution in [-0.4, -0.2) is 91.0 Å². The first kappa shape index (κ1) is 37.8. The third-order valence-electron chi connectivity index (χ3n) is 8.94. The molecule has 3 aliphatic carbocycles. The number of phenols is 1. The number of anilines is 1. The maximum atomic E-state index is 14.1. The smallest absolute Gasteiger partial charge is 1.00 e. The second kappa shape index (κ2) is 13.8. The van der Waals surface area contributed by atoms with Gasteiger partial charge in [0.2, 0.25) is 5.78 Å². The third kappa shape index (κ3) is 5.85. The summed E-state index contributed by atoms with van der Waals surface area (Å²) in [6, 6.07) is 3.99. The predicted molar refractivity (Wildman–Crippen MR) is 161 cm³/mol. The van der Waals surface area contributed by atoms with E-state index in [1.165, 1.54) is 25.1 Å². The summed E-state index contributed by atoms with van der Waals surface area (Å²) in [5, 5.41) is 48.6. The van der Waals surface area contributed by atoms with Crippen LogP contribution in [-0.2, 0) is 33.9 Å². The number of carbonyl (C=O) groups excluding carboxylic acids is 3. The largest absolute Gasteiger partial charge is 1.00 e. The zero-order valence-electron chi connectivity index (χ0n) is 26.2. The van der Waals surface area contributed by atoms with Crippen LogP contribution in [0.4, 0.5) is 14.5 Å². The molecule has 4 radical (unpaired) electrons. The van der Waals surface area contributed by atoms with Gasteiger partial charge in [0.25, 0.3) is 5.91 Å². The number of ketones is 2. The fourth-order valence-electron chi connectivity index (χ4n) is 6.90. The van der Waals surface area contributed by atoms with Crippen LogP contribution in [0, 0.1) is 23.5 Å². The van der Waals surface area contributed by atoms with Gasteiger partial charge in [0.1, 0.15) is 34.5 Å². The van der Waals surface area contributed by atoms with Crippen molar-refractivity contribution in [1.29, 1.82) is 0 Å². The predicted octanol–water partition coefficient (Wildman–Crippen LogP) is -1.78. The molecule has 0 spiro atoms. The Bertz CT molecular complexity index is 1660. The van der Waals surface area contributed by atoms with Gasteiger partial charge in [0, 0.05) is 55.5 Å². The SMILES string of the molecule is CN(C)c1cc(CNCc2c(F)cccc2F)c(O)c2c1C[C@H]1C[C@H]3[C@H](N(C)C)C(=O)C(C(N)=O)=C(O)[C@@]3(O)C(=O)C1=C2O.[B-].[K+]. The van der Waals surface area contributed by atoms with Gasteiger partial charge in [-0.25, -0.2) is 8.78 Å². The maximum absolute atomic E-state index is 14.1. The molecule has 0 aliphatic heterocycles. The molecular weight excluding hydrogens is 628 g/mol. The van der Waals surface area contributed by atoms with Gasteiger partial charge in [-0.3, -0.25) is 19.3 Å². The molecule has 0 bridgehead atoms. The van der Waals surface area contributed by atoms with Crippen molar-refractivity contribution in [3.8, 4) is 5.75 Å². The Labute approximate surface area is 309 Å². The molecule has 4 atom stereocenters. The number of likely N-dealkylation sites (N-methyl/N-ethyl adjacent to an activating group) is 1. The van der Waals surface area contributed by atoms with Gasteiger partial charge in [-0.05, 0) is 56.6 Å². The van der Waals surface area contributed by atoms with Crippen molar-refractivity contribution in [2.75, 3.05) is 33.1 Å². The van der Waals surface area contributed by atoms with Crippen molar-refractivity contribution in [2.45, 2.75) is 37.6 Å². The molecule has 2 aromatic rings. The second-order valence-corrected chi connectivity index (χ2v) is 11.9. The molecule has 2 aromatic carbocycles. The molecule has 0 unspecified atom stereocenters. The molecule has 1 saturated carbocycles. The summed E-state index contributed by atoms with van der Waals surface area (Å²) >= 11 is 0. The summed E-state index contributed by atoms with van der Waals surface area (Å²) in [6.07, 6.45) is 0.0979. The number of amides is 1. The minimum Gasteiger partial charge on any atom is -1.00 e. The summed E-state index contributed by atoms with van der Waals surface area (Å²) in [5.41, 5.74) is 2.56. The molecular formula is C31H34BF2KN4O7. The minimum atomic E-state index is -2.74. The number of aromatic hydroxyl groups is 1. The topological polar surface area (TPSA) is 177 Å². The Balaban J connectivity index is 0.00000288. The maximum Gasteiger partial charge on any atom is 1.00 e. The molecule has 7 N–H and O–H groups in total. The number of primary amides is 1. The summed E-state index contributed by atoms with van der Waals surface area (Å²) in [5.74, 6) is -8.79. The molecule has 11 nitrogen and oxygen atoms in total. The molecule has 3 aliphatic rings. The van der Waals surface area contributed by atoms with E-state index >= 15 is 0 Å². The number of phenolic OH excluding ortho intramolecular Hbond substituents is 1. The Kier molecular flexibility index (Phi) is 11.4. The molecule has 1 amide bonds. The molecule has 15 heteroatoms. The van der Waals surface area contributed by atoms with E-state index in [1.807, 2.05) is 0 Å². The number of nitrogens with zero attached hydrogens (tertiary/aromatic N) is 2. The van der Waals surface area contributed by atoms with Crippen molar-refractivity contribution in [1.82, 2.24) is 10.2 Å². The number of nitrogens with one attached hydrogen (secondary N) is 1. The molecule has 0 heterocycles. The zero-order valence-corrected chi connectivity index (χ0v) is 29.3. The Morgan fingerprint density at radius 1 is 1.09 bits per heavy atom. The number of benzene rings is 2. The van der Waals surface area contributed by atoms with Gasteiger partial charge in [-0.15, -0.1) is 0 Å². The molecule has 46 heavy (non-hydrogen) atoms. The Hall–Kier alpha value is -2.63. The number of Topliss-reactive ketones (excluding diaryl/α,β-unsaturated/α-hetero) is 2.